The molecule has 18 heavy (non-hydrogen) atoms. The fraction of sp³-hybridized carbons (Fsp3) is 0.214. The zero-order valence-corrected chi connectivity index (χ0v) is 11.0. The molecule has 0 fully saturated rings. The average Bonchev–Trinajstić information content (AvgIpc) is 2.90. The maximum atomic E-state index is 6.41. The maximum absolute atomic E-state index is 6.41. The molecule has 3 nitrogen and oxygen atoms in total. The number of fused-ring (bicyclic) bond motifs is 1. The highest BCUT2D eigenvalue weighted by Crippen LogP contribution is 2.23. The van der Waals surface area contributed by atoms with Gasteiger partial charge in [-0.1, -0.05) is 30.3 Å². The van der Waals surface area contributed by atoms with Crippen LogP contribution in [-0.4, -0.2) is 9.38 Å². The van der Waals surface area contributed by atoms with E-state index in [1.54, 1.807) is 11.3 Å². The lowest BCUT2D eigenvalue weighted by atomic mass is 9.89. The first-order chi connectivity index (χ1) is 8.65. The first-order valence-electron chi connectivity index (χ1n) is 5.91. The van der Waals surface area contributed by atoms with Crippen LogP contribution in [0.3, 0.4) is 0 Å². The van der Waals surface area contributed by atoms with Crippen molar-refractivity contribution in [2.45, 2.75) is 18.9 Å². The monoisotopic (exact) mass is 257 g/mol. The molecule has 0 aliphatic heterocycles. The Hall–Kier alpha value is -1.65. The first kappa shape index (κ1) is 11.4. The largest absolute Gasteiger partial charge is 0.321 e. The first-order valence-corrected chi connectivity index (χ1v) is 6.79. The molecular weight excluding hydrogens is 242 g/mol. The van der Waals surface area contributed by atoms with E-state index in [2.05, 4.69) is 30.2 Å². The van der Waals surface area contributed by atoms with Gasteiger partial charge in [-0.3, -0.25) is 4.40 Å². The minimum absolute atomic E-state index is 0.384. The van der Waals surface area contributed by atoms with Gasteiger partial charge in [0.05, 0.1) is 5.69 Å². The molecule has 1 unspecified atom stereocenters. The Balaban J connectivity index is 1.89. The van der Waals surface area contributed by atoms with Gasteiger partial charge in [0.2, 0.25) is 0 Å². The molecule has 0 aliphatic rings. The molecule has 0 radical (unpaired) electrons. The van der Waals surface area contributed by atoms with Crippen molar-refractivity contribution in [3.05, 3.63) is 59.4 Å². The highest BCUT2D eigenvalue weighted by molar-refractivity contribution is 7.15. The van der Waals surface area contributed by atoms with Gasteiger partial charge in [-0.15, -0.1) is 11.3 Å². The number of thiazole rings is 1. The van der Waals surface area contributed by atoms with Crippen LogP contribution in [0.25, 0.3) is 4.96 Å². The molecule has 0 saturated heterocycles. The van der Waals surface area contributed by atoms with E-state index in [1.807, 2.05) is 34.2 Å². The van der Waals surface area contributed by atoms with Gasteiger partial charge in [-0.2, -0.15) is 0 Å². The fourth-order valence-electron chi connectivity index (χ4n) is 2.16. The molecule has 0 aliphatic carbocycles. The quantitative estimate of drug-likeness (QED) is 0.784. The van der Waals surface area contributed by atoms with Crippen molar-refractivity contribution in [1.82, 2.24) is 9.38 Å². The predicted octanol–water partition coefficient (Wildman–Crippen LogP) is 2.81. The Labute approximate surface area is 110 Å². The minimum atomic E-state index is -0.384. The van der Waals surface area contributed by atoms with E-state index in [9.17, 15) is 0 Å². The summed E-state index contributed by atoms with van der Waals surface area (Å²) in [5.74, 6) is 0. The molecule has 0 amide bonds. The van der Waals surface area contributed by atoms with Crippen molar-refractivity contribution in [3.8, 4) is 0 Å². The van der Waals surface area contributed by atoms with Crippen LogP contribution in [0.4, 0.5) is 0 Å². The third-order valence-electron chi connectivity index (χ3n) is 3.12. The SMILES string of the molecule is CC(N)(Cc1cn2ccsc2n1)c1ccccc1. The Kier molecular flexibility index (Phi) is 2.69. The van der Waals surface area contributed by atoms with E-state index >= 15 is 0 Å². The second-order valence-electron chi connectivity index (χ2n) is 4.79. The summed E-state index contributed by atoms with van der Waals surface area (Å²) >= 11 is 1.64. The number of nitrogens with zero attached hydrogens (tertiary/aromatic N) is 2. The van der Waals surface area contributed by atoms with Gasteiger partial charge in [-0.05, 0) is 12.5 Å². The predicted molar refractivity (Wildman–Crippen MR) is 74.8 cm³/mol. The number of benzene rings is 1. The van der Waals surface area contributed by atoms with Crippen LogP contribution >= 0.6 is 11.3 Å². The Morgan fingerprint density at radius 1 is 1.33 bits per heavy atom. The smallest absolute Gasteiger partial charge is 0.193 e. The van der Waals surface area contributed by atoms with Crippen LogP contribution in [0.5, 0.6) is 0 Å². The van der Waals surface area contributed by atoms with Crippen molar-refractivity contribution < 1.29 is 0 Å². The van der Waals surface area contributed by atoms with Crippen LogP contribution < -0.4 is 5.73 Å². The molecule has 2 heterocycles. The lowest BCUT2D eigenvalue weighted by Gasteiger charge is -2.24. The molecule has 4 heteroatoms. The molecule has 1 atom stereocenters. The molecule has 2 aromatic heterocycles. The number of aromatic nitrogens is 2. The summed E-state index contributed by atoms with van der Waals surface area (Å²) in [7, 11) is 0. The minimum Gasteiger partial charge on any atom is -0.321 e. The van der Waals surface area contributed by atoms with Crippen LogP contribution in [0.2, 0.25) is 0 Å². The van der Waals surface area contributed by atoms with Crippen molar-refractivity contribution >= 4 is 16.3 Å². The third kappa shape index (κ3) is 2.05. The Morgan fingerprint density at radius 2 is 2.11 bits per heavy atom. The summed E-state index contributed by atoms with van der Waals surface area (Å²) in [5, 5.41) is 2.03. The fourth-order valence-corrected chi connectivity index (χ4v) is 2.88. The van der Waals surface area contributed by atoms with E-state index in [0.717, 1.165) is 22.6 Å². The molecule has 2 N–H and O–H groups in total. The standard InChI is InChI=1S/C14H15N3S/c1-14(15,11-5-3-2-4-6-11)9-12-10-17-7-8-18-13(17)16-12/h2-8,10H,9,15H2,1H3. The number of hydrogen-bond donors (Lipinski definition) is 1. The van der Waals surface area contributed by atoms with Crippen LogP contribution in [0.15, 0.2) is 48.1 Å². The highest BCUT2D eigenvalue weighted by Gasteiger charge is 2.22. The summed E-state index contributed by atoms with van der Waals surface area (Å²) in [4.78, 5) is 5.61. The van der Waals surface area contributed by atoms with Crippen molar-refractivity contribution in [2.24, 2.45) is 5.73 Å². The second kappa shape index (κ2) is 4.23. The van der Waals surface area contributed by atoms with Crippen LogP contribution in [-0.2, 0) is 12.0 Å². The zero-order chi connectivity index (χ0) is 12.6. The van der Waals surface area contributed by atoms with Crippen molar-refractivity contribution in [2.75, 3.05) is 0 Å². The van der Waals surface area contributed by atoms with E-state index in [1.165, 1.54) is 0 Å². The molecule has 3 rings (SSSR count). The number of hydrogen-bond acceptors (Lipinski definition) is 3. The second-order valence-corrected chi connectivity index (χ2v) is 5.66. The Morgan fingerprint density at radius 3 is 2.83 bits per heavy atom. The molecule has 1 aromatic carbocycles. The van der Waals surface area contributed by atoms with Gasteiger partial charge < -0.3 is 5.73 Å². The Bertz CT molecular complexity index is 623. The van der Waals surface area contributed by atoms with Gasteiger partial charge in [-0.25, -0.2) is 4.98 Å². The van der Waals surface area contributed by atoms with Gasteiger partial charge in [0.1, 0.15) is 0 Å². The third-order valence-corrected chi connectivity index (χ3v) is 3.90. The van der Waals surface area contributed by atoms with E-state index < -0.39 is 0 Å². The summed E-state index contributed by atoms with van der Waals surface area (Å²) in [6.45, 7) is 2.05. The topological polar surface area (TPSA) is 43.3 Å². The molecule has 92 valence electrons. The van der Waals surface area contributed by atoms with E-state index in [0.29, 0.717) is 0 Å². The van der Waals surface area contributed by atoms with Crippen molar-refractivity contribution in [1.29, 1.82) is 0 Å². The summed E-state index contributed by atoms with van der Waals surface area (Å²) in [5.41, 5.74) is 8.21. The summed E-state index contributed by atoms with van der Waals surface area (Å²) < 4.78 is 2.04. The average molecular weight is 257 g/mol. The molecular formula is C14H15N3S. The van der Waals surface area contributed by atoms with Gasteiger partial charge in [0, 0.05) is 29.7 Å². The lowest BCUT2D eigenvalue weighted by Crippen LogP contribution is -2.35. The van der Waals surface area contributed by atoms with E-state index in [4.69, 9.17) is 5.73 Å². The van der Waals surface area contributed by atoms with Crippen LogP contribution in [0, 0.1) is 0 Å². The molecule has 0 bridgehead atoms. The highest BCUT2D eigenvalue weighted by atomic mass is 32.1. The maximum Gasteiger partial charge on any atom is 0.193 e. The van der Waals surface area contributed by atoms with Gasteiger partial charge in [0.25, 0.3) is 0 Å². The molecule has 3 aromatic rings. The number of imidazole rings is 1. The molecule has 0 spiro atoms. The van der Waals surface area contributed by atoms with Gasteiger partial charge >= 0.3 is 0 Å². The number of nitrogens with two attached hydrogens (primary N) is 1. The van der Waals surface area contributed by atoms with E-state index in [-0.39, 0.29) is 5.54 Å². The van der Waals surface area contributed by atoms with Gasteiger partial charge in [0.15, 0.2) is 4.96 Å². The lowest BCUT2D eigenvalue weighted by molar-refractivity contribution is 0.486. The zero-order valence-electron chi connectivity index (χ0n) is 10.2. The van der Waals surface area contributed by atoms with Crippen LogP contribution in [0.1, 0.15) is 18.2 Å². The summed E-state index contributed by atoms with van der Waals surface area (Å²) in [6.07, 6.45) is 4.82. The van der Waals surface area contributed by atoms with Crippen molar-refractivity contribution in [3.63, 3.8) is 0 Å². The summed E-state index contributed by atoms with van der Waals surface area (Å²) in [6, 6.07) is 10.2. The number of rotatable bonds is 3. The molecule has 0 saturated carbocycles. The normalized spacial score (nSPS) is 14.8.